The van der Waals surface area contributed by atoms with Crippen molar-refractivity contribution in [3.63, 3.8) is 0 Å². The summed E-state index contributed by atoms with van der Waals surface area (Å²) < 4.78 is 16.5. The smallest absolute Gasteiger partial charge is 0.265 e. The predicted molar refractivity (Wildman–Crippen MR) is 112 cm³/mol. The fourth-order valence-electron chi connectivity index (χ4n) is 3.54. The molecule has 0 spiro atoms. The zero-order valence-corrected chi connectivity index (χ0v) is 17.0. The molecule has 0 amide bonds. The van der Waals surface area contributed by atoms with Crippen LogP contribution in [0.1, 0.15) is 42.1 Å². The lowest BCUT2D eigenvalue weighted by Gasteiger charge is -2.14. The molecule has 4 rings (SSSR count). The van der Waals surface area contributed by atoms with Crippen LogP contribution in [-0.2, 0) is 6.54 Å². The molecule has 29 heavy (non-hydrogen) atoms. The van der Waals surface area contributed by atoms with E-state index >= 15 is 0 Å². The van der Waals surface area contributed by atoms with E-state index in [2.05, 4.69) is 28.4 Å². The number of aryl methyl sites for hydroxylation is 2. The summed E-state index contributed by atoms with van der Waals surface area (Å²) >= 11 is 0. The first-order valence-electron chi connectivity index (χ1n) is 9.66. The van der Waals surface area contributed by atoms with Crippen molar-refractivity contribution in [1.82, 2.24) is 19.6 Å². The summed E-state index contributed by atoms with van der Waals surface area (Å²) in [5, 5.41) is 9.83. The van der Waals surface area contributed by atoms with Gasteiger partial charge in [-0.3, -0.25) is 4.79 Å². The lowest BCUT2D eigenvalue weighted by atomic mass is 10.1. The zero-order chi connectivity index (χ0) is 20.7. The van der Waals surface area contributed by atoms with Crippen LogP contribution in [0, 0.1) is 19.7 Å². The minimum Gasteiger partial charge on any atom is -0.265 e. The summed E-state index contributed by atoms with van der Waals surface area (Å²) in [5.74, 6) is -0.212. The molecular weight excluding hydrogens is 367 g/mol. The van der Waals surface area contributed by atoms with Gasteiger partial charge in [0.2, 0.25) is 0 Å². The Kier molecular flexibility index (Phi) is 4.78. The van der Waals surface area contributed by atoms with E-state index in [9.17, 15) is 9.18 Å². The van der Waals surface area contributed by atoms with Crippen molar-refractivity contribution in [3.8, 4) is 5.69 Å². The van der Waals surface area contributed by atoms with Gasteiger partial charge in [-0.15, -0.1) is 0 Å². The van der Waals surface area contributed by atoms with E-state index in [0.717, 1.165) is 27.8 Å². The van der Waals surface area contributed by atoms with Crippen molar-refractivity contribution >= 4 is 10.9 Å². The normalized spacial score (nSPS) is 11.5. The Morgan fingerprint density at radius 2 is 1.79 bits per heavy atom. The largest absolute Gasteiger partial charge is 0.293 e. The average molecular weight is 390 g/mol. The molecule has 0 radical (unpaired) electrons. The Bertz CT molecular complexity index is 1250. The number of halogens is 1. The van der Waals surface area contributed by atoms with E-state index in [1.807, 2.05) is 27.7 Å². The highest BCUT2D eigenvalue weighted by Crippen LogP contribution is 2.23. The highest BCUT2D eigenvalue weighted by atomic mass is 19.1. The SMILES string of the molecule is Cc1ccc(C)c(Cn2nc(C(C)C)c3cnn(-c4ccc(F)cc4)c3c2=O)c1. The highest BCUT2D eigenvalue weighted by Gasteiger charge is 2.19. The summed E-state index contributed by atoms with van der Waals surface area (Å²) in [5.41, 5.74) is 5.01. The van der Waals surface area contributed by atoms with E-state index in [0.29, 0.717) is 17.7 Å². The number of hydrogen-bond acceptors (Lipinski definition) is 3. The molecule has 0 aliphatic carbocycles. The van der Waals surface area contributed by atoms with Gasteiger partial charge in [0.15, 0.2) is 0 Å². The molecule has 2 heterocycles. The Balaban J connectivity index is 1.95. The third-order valence-corrected chi connectivity index (χ3v) is 5.15. The molecule has 2 aromatic heterocycles. The van der Waals surface area contributed by atoms with Crippen LogP contribution in [0.15, 0.2) is 53.5 Å². The van der Waals surface area contributed by atoms with Gasteiger partial charge in [-0.25, -0.2) is 13.8 Å². The molecule has 0 aliphatic rings. The fourth-order valence-corrected chi connectivity index (χ4v) is 3.54. The maximum absolute atomic E-state index is 13.4. The van der Waals surface area contributed by atoms with Crippen LogP contribution in [0.2, 0.25) is 0 Å². The molecule has 4 aromatic rings. The summed E-state index contributed by atoms with van der Waals surface area (Å²) in [6.45, 7) is 8.54. The van der Waals surface area contributed by atoms with Crippen LogP contribution in [0.25, 0.3) is 16.6 Å². The van der Waals surface area contributed by atoms with E-state index in [-0.39, 0.29) is 17.3 Å². The first kappa shape index (κ1) is 19.1. The molecule has 0 bridgehead atoms. The van der Waals surface area contributed by atoms with E-state index in [4.69, 9.17) is 0 Å². The molecule has 0 unspecified atom stereocenters. The molecule has 6 heteroatoms. The Morgan fingerprint density at radius 1 is 1.07 bits per heavy atom. The van der Waals surface area contributed by atoms with Gasteiger partial charge in [0, 0.05) is 5.39 Å². The number of benzene rings is 2. The van der Waals surface area contributed by atoms with Crippen LogP contribution >= 0.6 is 0 Å². The van der Waals surface area contributed by atoms with Crippen molar-refractivity contribution in [2.24, 2.45) is 0 Å². The fraction of sp³-hybridized carbons (Fsp3) is 0.261. The molecule has 0 saturated heterocycles. The second kappa shape index (κ2) is 7.28. The molecule has 0 aliphatic heterocycles. The number of hydrogen-bond donors (Lipinski definition) is 0. The van der Waals surface area contributed by atoms with Crippen molar-refractivity contribution in [1.29, 1.82) is 0 Å². The number of fused-ring (bicyclic) bond motifs is 1. The van der Waals surface area contributed by atoms with E-state index in [1.165, 1.54) is 16.8 Å². The third-order valence-electron chi connectivity index (χ3n) is 5.15. The van der Waals surface area contributed by atoms with E-state index in [1.54, 1.807) is 23.0 Å². The van der Waals surface area contributed by atoms with Gasteiger partial charge in [-0.05, 0) is 55.2 Å². The van der Waals surface area contributed by atoms with Crippen LogP contribution in [0.4, 0.5) is 4.39 Å². The van der Waals surface area contributed by atoms with Gasteiger partial charge in [-0.1, -0.05) is 37.6 Å². The minimum atomic E-state index is -0.331. The van der Waals surface area contributed by atoms with Crippen LogP contribution in [0.3, 0.4) is 0 Å². The Morgan fingerprint density at radius 3 is 2.48 bits per heavy atom. The van der Waals surface area contributed by atoms with E-state index < -0.39 is 0 Å². The lowest BCUT2D eigenvalue weighted by molar-refractivity contribution is 0.610. The van der Waals surface area contributed by atoms with Crippen LogP contribution in [0.5, 0.6) is 0 Å². The molecule has 0 N–H and O–H groups in total. The minimum absolute atomic E-state index is 0.119. The first-order chi connectivity index (χ1) is 13.8. The monoisotopic (exact) mass is 390 g/mol. The van der Waals surface area contributed by atoms with Crippen LogP contribution in [-0.4, -0.2) is 19.6 Å². The van der Waals surface area contributed by atoms with Crippen molar-refractivity contribution in [2.75, 3.05) is 0 Å². The van der Waals surface area contributed by atoms with Crippen molar-refractivity contribution in [2.45, 2.75) is 40.2 Å². The summed E-state index contributed by atoms with van der Waals surface area (Å²) in [6.07, 6.45) is 1.67. The quantitative estimate of drug-likeness (QED) is 0.515. The molecule has 5 nitrogen and oxygen atoms in total. The maximum atomic E-state index is 13.4. The molecule has 0 saturated carbocycles. The zero-order valence-electron chi connectivity index (χ0n) is 17.0. The predicted octanol–water partition coefficient (Wildman–Crippen LogP) is 4.51. The number of nitrogens with zero attached hydrogens (tertiary/aromatic N) is 4. The van der Waals surface area contributed by atoms with Gasteiger partial charge in [0.25, 0.3) is 5.56 Å². The Hall–Kier alpha value is -3.28. The summed E-state index contributed by atoms with van der Waals surface area (Å²) in [7, 11) is 0. The standard InChI is InChI=1S/C23H23FN4O/c1-14(2)21-20-12-25-28(19-9-7-18(24)8-10-19)22(20)23(29)27(26-21)13-17-11-15(3)5-6-16(17)4/h5-12,14H,13H2,1-4H3. The van der Waals surface area contributed by atoms with Gasteiger partial charge >= 0.3 is 0 Å². The maximum Gasteiger partial charge on any atom is 0.293 e. The highest BCUT2D eigenvalue weighted by molar-refractivity contribution is 5.82. The van der Waals surface area contributed by atoms with Crippen LogP contribution < -0.4 is 5.56 Å². The summed E-state index contributed by atoms with van der Waals surface area (Å²) in [6, 6.07) is 12.2. The van der Waals surface area contributed by atoms with Crippen molar-refractivity contribution < 1.29 is 4.39 Å². The van der Waals surface area contributed by atoms with Gasteiger partial charge < -0.3 is 0 Å². The number of rotatable bonds is 4. The topological polar surface area (TPSA) is 52.7 Å². The first-order valence-corrected chi connectivity index (χ1v) is 9.66. The Labute approximate surface area is 168 Å². The lowest BCUT2D eigenvalue weighted by Crippen LogP contribution is -2.27. The molecule has 2 aromatic carbocycles. The van der Waals surface area contributed by atoms with Gasteiger partial charge in [-0.2, -0.15) is 10.2 Å². The van der Waals surface area contributed by atoms with Gasteiger partial charge in [0.1, 0.15) is 11.3 Å². The van der Waals surface area contributed by atoms with Gasteiger partial charge in [0.05, 0.1) is 24.1 Å². The number of aromatic nitrogens is 4. The second-order valence-corrected chi connectivity index (χ2v) is 7.73. The summed E-state index contributed by atoms with van der Waals surface area (Å²) in [4.78, 5) is 13.4. The third kappa shape index (κ3) is 3.46. The average Bonchev–Trinajstić information content (AvgIpc) is 3.12. The molecule has 0 fully saturated rings. The molecular formula is C23H23FN4O. The second-order valence-electron chi connectivity index (χ2n) is 7.73. The van der Waals surface area contributed by atoms with Crippen molar-refractivity contribution in [3.05, 3.63) is 87.2 Å². The molecule has 0 atom stereocenters. The molecule has 148 valence electrons.